The SMILES string of the molecule is CNC(=CCCC(=N)c1ccc2c(c1)C1(c3ccccc3-c3ccccc31)c1ccccc1-2)c1ccccc1. The van der Waals surface area contributed by atoms with Gasteiger partial charge >= 0.3 is 0 Å². The van der Waals surface area contributed by atoms with Crippen LogP contribution in [-0.2, 0) is 5.41 Å². The van der Waals surface area contributed by atoms with Crippen molar-refractivity contribution in [3.63, 3.8) is 0 Å². The van der Waals surface area contributed by atoms with Crippen LogP contribution in [0.2, 0.25) is 0 Å². The van der Waals surface area contributed by atoms with Crippen LogP contribution in [0.3, 0.4) is 0 Å². The van der Waals surface area contributed by atoms with Crippen LogP contribution in [0.15, 0.2) is 127 Å². The van der Waals surface area contributed by atoms with Gasteiger partial charge in [0, 0.05) is 18.5 Å². The van der Waals surface area contributed by atoms with Gasteiger partial charge in [-0.15, -0.1) is 0 Å². The Morgan fingerprint density at radius 1 is 0.615 bits per heavy atom. The van der Waals surface area contributed by atoms with Crippen molar-refractivity contribution in [1.29, 1.82) is 5.41 Å². The summed E-state index contributed by atoms with van der Waals surface area (Å²) in [6, 6.07) is 43.7. The number of benzene rings is 5. The lowest BCUT2D eigenvalue weighted by atomic mass is 9.70. The van der Waals surface area contributed by atoms with E-state index in [-0.39, 0.29) is 5.41 Å². The second-order valence-corrected chi connectivity index (χ2v) is 10.4. The number of fused-ring (bicyclic) bond motifs is 10. The molecule has 1 spiro atoms. The summed E-state index contributed by atoms with van der Waals surface area (Å²) in [4.78, 5) is 0. The molecule has 7 rings (SSSR count). The Morgan fingerprint density at radius 3 is 1.69 bits per heavy atom. The highest BCUT2D eigenvalue weighted by Gasteiger charge is 2.51. The Bertz CT molecular complexity index is 1700. The van der Waals surface area contributed by atoms with Gasteiger partial charge in [-0.3, -0.25) is 0 Å². The van der Waals surface area contributed by atoms with Gasteiger partial charge in [0.25, 0.3) is 0 Å². The van der Waals surface area contributed by atoms with Crippen molar-refractivity contribution in [2.24, 2.45) is 0 Å². The quantitative estimate of drug-likeness (QED) is 0.220. The molecule has 0 saturated heterocycles. The molecule has 2 nitrogen and oxygen atoms in total. The summed E-state index contributed by atoms with van der Waals surface area (Å²) < 4.78 is 0. The second-order valence-electron chi connectivity index (χ2n) is 10.4. The van der Waals surface area contributed by atoms with Gasteiger partial charge in [-0.25, -0.2) is 0 Å². The molecule has 5 aromatic rings. The standard InChI is InChI=1S/C37H30N2/c1-39-36(25-12-3-2-4-13-25)21-11-20-35(38)26-22-23-30-29-16-7-10-19-33(29)37(34(30)24-26)31-17-8-5-14-27(31)28-15-6-9-18-32(28)37/h2-10,12-19,21-24,38-39H,11,20H2,1H3. The molecule has 0 bridgehead atoms. The summed E-state index contributed by atoms with van der Waals surface area (Å²) in [5.74, 6) is 0. The zero-order chi connectivity index (χ0) is 26.4. The van der Waals surface area contributed by atoms with Crippen molar-refractivity contribution in [2.75, 3.05) is 7.05 Å². The van der Waals surface area contributed by atoms with E-state index in [0.29, 0.717) is 12.1 Å². The van der Waals surface area contributed by atoms with Gasteiger partial charge in [-0.05, 0) is 74.5 Å². The Hall–Kier alpha value is -4.69. The third-order valence-corrected chi connectivity index (χ3v) is 8.44. The van der Waals surface area contributed by atoms with E-state index in [1.54, 1.807) is 0 Å². The summed E-state index contributed by atoms with van der Waals surface area (Å²) in [5, 5.41) is 12.4. The smallest absolute Gasteiger partial charge is 0.0725 e. The molecule has 0 radical (unpaired) electrons. The monoisotopic (exact) mass is 502 g/mol. The molecule has 188 valence electrons. The Kier molecular flexibility index (Phi) is 5.56. The average Bonchev–Trinajstić information content (AvgIpc) is 3.47. The lowest BCUT2D eigenvalue weighted by Crippen LogP contribution is -2.26. The highest BCUT2D eigenvalue weighted by Crippen LogP contribution is 2.62. The first-order valence-corrected chi connectivity index (χ1v) is 13.7. The van der Waals surface area contributed by atoms with E-state index in [2.05, 4.69) is 127 Å². The molecule has 5 aromatic carbocycles. The van der Waals surface area contributed by atoms with Crippen LogP contribution < -0.4 is 5.32 Å². The lowest BCUT2D eigenvalue weighted by molar-refractivity contribution is 0.793. The summed E-state index contributed by atoms with van der Waals surface area (Å²) in [6.07, 6.45) is 3.69. The molecule has 0 aromatic heterocycles. The lowest BCUT2D eigenvalue weighted by Gasteiger charge is -2.30. The van der Waals surface area contributed by atoms with Crippen LogP contribution in [0, 0.1) is 5.41 Å². The maximum atomic E-state index is 9.06. The second kappa shape index (κ2) is 9.25. The predicted molar refractivity (Wildman–Crippen MR) is 162 cm³/mol. The topological polar surface area (TPSA) is 35.9 Å². The fourth-order valence-electron chi connectivity index (χ4n) is 6.77. The molecular weight excluding hydrogens is 472 g/mol. The van der Waals surface area contributed by atoms with Gasteiger partial charge in [0.1, 0.15) is 0 Å². The van der Waals surface area contributed by atoms with Crippen LogP contribution in [-0.4, -0.2) is 12.8 Å². The van der Waals surface area contributed by atoms with Crippen LogP contribution in [0.1, 0.15) is 46.2 Å². The van der Waals surface area contributed by atoms with E-state index in [4.69, 9.17) is 5.41 Å². The van der Waals surface area contributed by atoms with Gasteiger partial charge in [-0.1, -0.05) is 121 Å². The largest absolute Gasteiger partial charge is 0.388 e. The first-order chi connectivity index (χ1) is 19.2. The molecule has 0 amide bonds. The maximum Gasteiger partial charge on any atom is 0.0725 e. The minimum Gasteiger partial charge on any atom is -0.388 e. The Morgan fingerprint density at radius 2 is 1.13 bits per heavy atom. The number of rotatable bonds is 6. The van der Waals surface area contributed by atoms with Crippen LogP contribution >= 0.6 is 0 Å². The van der Waals surface area contributed by atoms with E-state index >= 15 is 0 Å². The minimum absolute atomic E-state index is 0.359. The van der Waals surface area contributed by atoms with Crippen molar-refractivity contribution in [3.05, 3.63) is 161 Å². The molecule has 0 heterocycles. The Balaban J connectivity index is 1.32. The number of hydrogen-bond donors (Lipinski definition) is 2. The molecule has 0 saturated carbocycles. The minimum atomic E-state index is -0.359. The first-order valence-electron chi connectivity index (χ1n) is 13.7. The predicted octanol–water partition coefficient (Wildman–Crippen LogP) is 8.44. The summed E-state index contributed by atoms with van der Waals surface area (Å²) in [7, 11) is 1.96. The molecule has 0 fully saturated rings. The fraction of sp³-hybridized carbons (Fsp3) is 0.108. The van der Waals surface area contributed by atoms with Gasteiger partial charge in [0.2, 0.25) is 0 Å². The maximum absolute atomic E-state index is 9.06. The summed E-state index contributed by atoms with van der Waals surface area (Å²) in [5.41, 5.74) is 14.1. The average molecular weight is 503 g/mol. The van der Waals surface area contributed by atoms with E-state index in [9.17, 15) is 0 Å². The van der Waals surface area contributed by atoms with Crippen molar-refractivity contribution < 1.29 is 0 Å². The van der Waals surface area contributed by atoms with Crippen molar-refractivity contribution in [2.45, 2.75) is 18.3 Å². The zero-order valence-electron chi connectivity index (χ0n) is 22.0. The van der Waals surface area contributed by atoms with Crippen molar-refractivity contribution in [1.82, 2.24) is 5.32 Å². The molecule has 0 atom stereocenters. The molecule has 0 aliphatic heterocycles. The molecule has 0 unspecified atom stereocenters. The fourth-order valence-corrected chi connectivity index (χ4v) is 6.77. The van der Waals surface area contributed by atoms with Gasteiger partial charge < -0.3 is 10.7 Å². The summed E-state index contributed by atoms with van der Waals surface area (Å²) in [6.45, 7) is 0. The van der Waals surface area contributed by atoms with E-state index < -0.39 is 0 Å². The highest BCUT2D eigenvalue weighted by molar-refractivity contribution is 6.01. The van der Waals surface area contributed by atoms with Gasteiger partial charge in [0.15, 0.2) is 0 Å². The van der Waals surface area contributed by atoms with Gasteiger partial charge in [0.05, 0.1) is 5.41 Å². The molecule has 39 heavy (non-hydrogen) atoms. The third kappa shape index (κ3) is 3.45. The normalized spacial score (nSPS) is 13.9. The van der Waals surface area contributed by atoms with Gasteiger partial charge in [-0.2, -0.15) is 0 Å². The molecule has 2 aliphatic rings. The Labute approximate surface area is 230 Å². The highest BCUT2D eigenvalue weighted by atomic mass is 14.8. The van der Waals surface area contributed by atoms with E-state index in [0.717, 1.165) is 17.7 Å². The number of allylic oxidation sites excluding steroid dienone is 1. The summed E-state index contributed by atoms with van der Waals surface area (Å²) >= 11 is 0. The van der Waals surface area contributed by atoms with Crippen LogP contribution in [0.4, 0.5) is 0 Å². The molecule has 2 aliphatic carbocycles. The number of nitrogens with one attached hydrogen (secondary N) is 2. The van der Waals surface area contributed by atoms with Crippen molar-refractivity contribution in [3.8, 4) is 22.3 Å². The molecule has 2 heteroatoms. The number of hydrogen-bond acceptors (Lipinski definition) is 2. The zero-order valence-corrected chi connectivity index (χ0v) is 22.0. The van der Waals surface area contributed by atoms with E-state index in [1.165, 1.54) is 50.1 Å². The van der Waals surface area contributed by atoms with Crippen molar-refractivity contribution >= 4 is 11.4 Å². The molecule has 2 N–H and O–H groups in total. The third-order valence-electron chi connectivity index (χ3n) is 8.44. The molecular formula is C37H30N2. The first kappa shape index (κ1) is 23.4. The van der Waals surface area contributed by atoms with E-state index in [1.807, 2.05) is 13.1 Å². The van der Waals surface area contributed by atoms with Crippen LogP contribution in [0.5, 0.6) is 0 Å². The van der Waals surface area contributed by atoms with Crippen LogP contribution in [0.25, 0.3) is 28.0 Å².